The van der Waals surface area contributed by atoms with Crippen LogP contribution in [0.15, 0.2) is 18.2 Å². The number of aliphatic carboxylic acids is 1. The molecule has 8 nitrogen and oxygen atoms in total. The number of carbonyl (C=O) groups excluding carboxylic acids is 2. The average molecular weight is 354 g/mol. The van der Waals surface area contributed by atoms with E-state index in [-0.39, 0.29) is 31.4 Å². The van der Waals surface area contributed by atoms with Gasteiger partial charge < -0.3 is 20.1 Å². The van der Waals surface area contributed by atoms with E-state index in [4.69, 9.17) is 16.3 Å². The number of carbonyl (C=O) groups is 3. The lowest BCUT2D eigenvalue weighted by atomic mass is 10.1. The predicted octanol–water partition coefficient (Wildman–Crippen LogP) is 0.795. The number of nitrogens with zero attached hydrogens (tertiary/aromatic N) is 2. The third-order valence-electron chi connectivity index (χ3n) is 4.02. The minimum Gasteiger partial charge on any atom is -0.480 e. The summed E-state index contributed by atoms with van der Waals surface area (Å²) in [5.74, 6) is -1.54. The summed E-state index contributed by atoms with van der Waals surface area (Å²) in [5, 5.41) is 12.3. The third-order valence-corrected chi connectivity index (χ3v) is 4.33. The summed E-state index contributed by atoms with van der Waals surface area (Å²) in [5.41, 5.74) is 0.708. The molecule has 9 heteroatoms. The number of amides is 3. The number of nitrogens with one attached hydrogen (secondary N) is 1. The van der Waals surface area contributed by atoms with Gasteiger partial charge in [0.2, 0.25) is 0 Å². The van der Waals surface area contributed by atoms with Crippen molar-refractivity contribution in [3.63, 3.8) is 0 Å². The van der Waals surface area contributed by atoms with E-state index in [2.05, 4.69) is 5.32 Å². The summed E-state index contributed by atoms with van der Waals surface area (Å²) in [6.07, 6.45) is 0. The zero-order valence-corrected chi connectivity index (χ0v) is 13.5. The van der Waals surface area contributed by atoms with E-state index in [1.165, 1.54) is 28.0 Å². The van der Waals surface area contributed by atoms with Gasteiger partial charge in [-0.2, -0.15) is 0 Å². The Balaban J connectivity index is 1.90. The number of hydrogen-bond acceptors (Lipinski definition) is 4. The fourth-order valence-corrected chi connectivity index (χ4v) is 2.99. The minimum atomic E-state index is -1.11. The average Bonchev–Trinajstić information content (AvgIpc) is 3.00. The second kappa shape index (κ2) is 6.66. The molecule has 1 aromatic rings. The number of urea groups is 1. The Bertz CT molecular complexity index is 696. The molecule has 3 rings (SSSR count). The van der Waals surface area contributed by atoms with Crippen molar-refractivity contribution >= 4 is 35.2 Å². The molecule has 2 saturated heterocycles. The van der Waals surface area contributed by atoms with Gasteiger partial charge in [-0.25, -0.2) is 9.59 Å². The maximum absolute atomic E-state index is 12.7. The van der Waals surface area contributed by atoms with Gasteiger partial charge in [0, 0.05) is 25.2 Å². The van der Waals surface area contributed by atoms with Crippen LogP contribution < -0.4 is 10.2 Å². The first kappa shape index (κ1) is 16.5. The molecule has 0 saturated carbocycles. The number of benzene rings is 1. The van der Waals surface area contributed by atoms with E-state index in [0.717, 1.165) is 0 Å². The number of carboxylic acid groups (broad SMARTS) is 1. The topological polar surface area (TPSA) is 99.2 Å². The molecule has 0 unspecified atom stereocenters. The smallest absolute Gasteiger partial charge is 0.328 e. The molecule has 24 heavy (non-hydrogen) atoms. The first-order valence-corrected chi connectivity index (χ1v) is 7.83. The number of hydrogen-bond donors (Lipinski definition) is 2. The van der Waals surface area contributed by atoms with E-state index in [0.29, 0.717) is 23.8 Å². The summed E-state index contributed by atoms with van der Waals surface area (Å²) in [4.78, 5) is 38.6. The zero-order chi connectivity index (χ0) is 17.3. The fourth-order valence-electron chi connectivity index (χ4n) is 2.77. The SMILES string of the molecule is O=C(O)[C@@H]1COCCN1C(=O)c1ccc(Cl)c(N2CCNC2=O)c1. The summed E-state index contributed by atoms with van der Waals surface area (Å²) in [6.45, 7) is 1.38. The highest BCUT2D eigenvalue weighted by Gasteiger charge is 2.34. The van der Waals surface area contributed by atoms with Crippen LogP contribution in [0.4, 0.5) is 10.5 Å². The molecule has 0 aromatic heterocycles. The van der Waals surface area contributed by atoms with Gasteiger partial charge in [0.05, 0.1) is 23.9 Å². The number of halogens is 1. The largest absolute Gasteiger partial charge is 0.480 e. The number of rotatable bonds is 3. The van der Waals surface area contributed by atoms with Gasteiger partial charge in [0.1, 0.15) is 0 Å². The Kier molecular flexibility index (Phi) is 4.59. The number of ether oxygens (including phenoxy) is 1. The molecule has 2 heterocycles. The van der Waals surface area contributed by atoms with Gasteiger partial charge in [-0.15, -0.1) is 0 Å². The molecule has 1 aromatic carbocycles. The quantitative estimate of drug-likeness (QED) is 0.837. The molecular weight excluding hydrogens is 338 g/mol. The van der Waals surface area contributed by atoms with Crippen molar-refractivity contribution in [1.82, 2.24) is 10.2 Å². The van der Waals surface area contributed by atoms with Gasteiger partial charge in [-0.1, -0.05) is 11.6 Å². The summed E-state index contributed by atoms with van der Waals surface area (Å²) >= 11 is 6.15. The van der Waals surface area contributed by atoms with Crippen LogP contribution in [0.5, 0.6) is 0 Å². The fraction of sp³-hybridized carbons (Fsp3) is 0.400. The van der Waals surface area contributed by atoms with E-state index < -0.39 is 17.9 Å². The number of carboxylic acids is 1. The van der Waals surface area contributed by atoms with Crippen LogP contribution in [0, 0.1) is 0 Å². The Morgan fingerprint density at radius 2 is 2.12 bits per heavy atom. The maximum Gasteiger partial charge on any atom is 0.328 e. The second-order valence-electron chi connectivity index (χ2n) is 5.48. The Labute approximate surface area is 142 Å². The molecular formula is C15H16ClN3O5. The van der Waals surface area contributed by atoms with E-state index in [1.807, 2.05) is 0 Å². The van der Waals surface area contributed by atoms with Crippen molar-refractivity contribution in [3.05, 3.63) is 28.8 Å². The first-order valence-electron chi connectivity index (χ1n) is 7.45. The van der Waals surface area contributed by atoms with Crippen molar-refractivity contribution in [3.8, 4) is 0 Å². The predicted molar refractivity (Wildman–Crippen MR) is 85.5 cm³/mol. The number of morpholine rings is 1. The lowest BCUT2D eigenvalue weighted by Crippen LogP contribution is -2.52. The lowest BCUT2D eigenvalue weighted by molar-refractivity contribution is -0.147. The second-order valence-corrected chi connectivity index (χ2v) is 5.88. The monoisotopic (exact) mass is 353 g/mol. The lowest BCUT2D eigenvalue weighted by Gasteiger charge is -2.33. The zero-order valence-electron chi connectivity index (χ0n) is 12.7. The molecule has 2 N–H and O–H groups in total. The summed E-state index contributed by atoms with van der Waals surface area (Å²) in [7, 11) is 0. The minimum absolute atomic E-state index is 0.0456. The van der Waals surface area contributed by atoms with Crippen LogP contribution in [0.1, 0.15) is 10.4 Å². The molecule has 1 atom stereocenters. The Morgan fingerprint density at radius 1 is 1.33 bits per heavy atom. The molecule has 0 bridgehead atoms. The molecule has 2 fully saturated rings. The van der Waals surface area contributed by atoms with Gasteiger partial charge >= 0.3 is 12.0 Å². The molecule has 2 aliphatic rings. The van der Waals surface area contributed by atoms with Gasteiger partial charge in [-0.05, 0) is 18.2 Å². The summed E-state index contributed by atoms with van der Waals surface area (Å²) < 4.78 is 5.14. The maximum atomic E-state index is 12.7. The van der Waals surface area contributed by atoms with Crippen LogP contribution in [0.3, 0.4) is 0 Å². The van der Waals surface area contributed by atoms with Gasteiger partial charge in [0.25, 0.3) is 5.91 Å². The van der Waals surface area contributed by atoms with Gasteiger partial charge in [0.15, 0.2) is 6.04 Å². The van der Waals surface area contributed by atoms with E-state index >= 15 is 0 Å². The molecule has 3 amide bonds. The molecule has 128 valence electrons. The molecule has 2 aliphatic heterocycles. The molecule has 0 radical (unpaired) electrons. The Hall–Kier alpha value is -2.32. The van der Waals surface area contributed by atoms with Crippen LogP contribution in [0.25, 0.3) is 0 Å². The van der Waals surface area contributed by atoms with Crippen molar-refractivity contribution in [1.29, 1.82) is 0 Å². The van der Waals surface area contributed by atoms with Crippen LogP contribution >= 0.6 is 11.6 Å². The number of anilines is 1. The van der Waals surface area contributed by atoms with Gasteiger partial charge in [-0.3, -0.25) is 9.69 Å². The first-order chi connectivity index (χ1) is 11.5. The highest BCUT2D eigenvalue weighted by molar-refractivity contribution is 6.34. The van der Waals surface area contributed by atoms with E-state index in [1.54, 1.807) is 0 Å². The standard InChI is InChI=1S/C15H16ClN3O5/c16-10-2-1-9(7-11(10)19-4-3-17-15(19)23)13(20)18-5-6-24-8-12(18)14(21)22/h1-2,7,12H,3-6,8H2,(H,17,23)(H,21,22)/t12-/m0/s1. The van der Waals surface area contributed by atoms with Crippen molar-refractivity contribution in [2.75, 3.05) is 37.7 Å². The Morgan fingerprint density at radius 3 is 2.79 bits per heavy atom. The van der Waals surface area contributed by atoms with Crippen molar-refractivity contribution < 1.29 is 24.2 Å². The van der Waals surface area contributed by atoms with E-state index in [9.17, 15) is 19.5 Å². The van der Waals surface area contributed by atoms with Crippen LogP contribution in [-0.2, 0) is 9.53 Å². The molecule has 0 spiro atoms. The normalized spacial score (nSPS) is 20.9. The van der Waals surface area contributed by atoms with Crippen molar-refractivity contribution in [2.45, 2.75) is 6.04 Å². The summed E-state index contributed by atoms with van der Waals surface area (Å²) in [6, 6.07) is 3.27. The highest BCUT2D eigenvalue weighted by atomic mass is 35.5. The van der Waals surface area contributed by atoms with Crippen LogP contribution in [-0.4, -0.2) is 66.8 Å². The molecule has 0 aliphatic carbocycles. The van der Waals surface area contributed by atoms with Crippen molar-refractivity contribution in [2.24, 2.45) is 0 Å². The third kappa shape index (κ3) is 3.02. The highest BCUT2D eigenvalue weighted by Crippen LogP contribution is 2.29. The van der Waals surface area contributed by atoms with Crippen LogP contribution in [0.2, 0.25) is 5.02 Å².